The minimum absolute atomic E-state index is 0.0754. The molecule has 2 N–H and O–H groups in total. The molecule has 0 unspecified atom stereocenters. The lowest BCUT2D eigenvalue weighted by molar-refractivity contribution is -0.128. The highest BCUT2D eigenvalue weighted by Crippen LogP contribution is 2.38. The van der Waals surface area contributed by atoms with Gasteiger partial charge in [-0.2, -0.15) is 0 Å². The van der Waals surface area contributed by atoms with Crippen molar-refractivity contribution in [2.75, 3.05) is 19.7 Å². The molecule has 1 aliphatic heterocycles. The maximum absolute atomic E-state index is 14.5. The van der Waals surface area contributed by atoms with E-state index in [2.05, 4.69) is 20.3 Å². The number of alkyl halides is 3. The van der Waals surface area contributed by atoms with Gasteiger partial charge in [0.1, 0.15) is 29.5 Å². The van der Waals surface area contributed by atoms with Crippen LogP contribution in [-0.4, -0.2) is 63.6 Å². The predicted octanol–water partition coefficient (Wildman–Crippen LogP) is 3.96. The van der Waals surface area contributed by atoms with Crippen LogP contribution in [0.5, 0.6) is 5.75 Å². The zero-order valence-corrected chi connectivity index (χ0v) is 19.9. The number of H-pyrrole nitrogens is 1. The van der Waals surface area contributed by atoms with Crippen LogP contribution >= 0.6 is 0 Å². The van der Waals surface area contributed by atoms with Gasteiger partial charge in [0.05, 0.1) is 30.3 Å². The van der Waals surface area contributed by atoms with Gasteiger partial charge in [0, 0.05) is 30.3 Å². The van der Waals surface area contributed by atoms with Crippen LogP contribution in [0.2, 0.25) is 0 Å². The Hall–Kier alpha value is -3.63. The molecule has 2 aromatic heterocycles. The molecule has 0 bridgehead atoms. The Balaban J connectivity index is 1.51. The van der Waals surface area contributed by atoms with Crippen molar-refractivity contribution in [2.45, 2.75) is 45.3 Å². The molecule has 1 saturated heterocycles. The largest absolute Gasteiger partial charge is 0.493 e. The number of fused-ring (bicyclic) bond motifs is 1. The molecule has 190 valence electrons. The first-order valence-corrected chi connectivity index (χ1v) is 11.8. The lowest BCUT2D eigenvalue weighted by Crippen LogP contribution is -2.41. The topological polar surface area (TPSA) is 100 Å². The normalized spacial score (nSPS) is 19.8. The third-order valence-electron chi connectivity index (χ3n) is 6.69. The zero-order chi connectivity index (χ0) is 25.6. The van der Waals surface area contributed by atoms with Crippen LogP contribution in [0, 0.1) is 12.8 Å². The number of rotatable bonds is 7. The minimum Gasteiger partial charge on any atom is -0.493 e. The standard InChI is InChI=1S/C25H26F3N5O3/c1-12-20(25(35)32-18-9-33(13(2)34)8-17(18)26)22-23(31-12)21(29-11-30-22)16-7-15(24(27)28)5-6-19(16)36-10-14-3-4-14/h5-7,11,14,17-18,24,31H,3-4,8-10H2,1-2H3,(H,32,35)/t17-,18-/m0/s1. The van der Waals surface area contributed by atoms with Crippen LogP contribution < -0.4 is 10.1 Å². The van der Waals surface area contributed by atoms with Crippen molar-refractivity contribution in [2.24, 2.45) is 5.92 Å². The fraction of sp³-hybridized carbons (Fsp3) is 0.440. The summed E-state index contributed by atoms with van der Waals surface area (Å²) in [6.07, 6.45) is -0.674. The summed E-state index contributed by atoms with van der Waals surface area (Å²) in [5.74, 6) is 0.0591. The van der Waals surface area contributed by atoms with Crippen molar-refractivity contribution in [1.82, 2.24) is 25.2 Å². The Bertz CT molecular complexity index is 1320. The van der Waals surface area contributed by atoms with E-state index < -0.39 is 24.5 Å². The predicted molar refractivity (Wildman–Crippen MR) is 126 cm³/mol. The van der Waals surface area contributed by atoms with Crippen molar-refractivity contribution in [3.8, 4) is 17.0 Å². The molecule has 2 atom stereocenters. The highest BCUT2D eigenvalue weighted by atomic mass is 19.3. The number of hydrogen-bond donors (Lipinski definition) is 2. The smallest absolute Gasteiger partial charge is 0.263 e. The molecule has 1 aliphatic carbocycles. The molecular formula is C25H26F3N5O3. The van der Waals surface area contributed by atoms with Gasteiger partial charge in [0.25, 0.3) is 12.3 Å². The van der Waals surface area contributed by atoms with Gasteiger partial charge in [-0.1, -0.05) is 0 Å². The highest BCUT2D eigenvalue weighted by Gasteiger charge is 2.36. The molecule has 36 heavy (non-hydrogen) atoms. The second kappa shape index (κ2) is 9.44. The van der Waals surface area contributed by atoms with Crippen LogP contribution in [0.15, 0.2) is 24.5 Å². The van der Waals surface area contributed by atoms with Crippen molar-refractivity contribution in [3.63, 3.8) is 0 Å². The Kier molecular flexibility index (Phi) is 6.31. The average Bonchev–Trinajstić information content (AvgIpc) is 3.50. The molecular weight excluding hydrogens is 475 g/mol. The Morgan fingerprint density at radius 3 is 2.69 bits per heavy atom. The maximum Gasteiger partial charge on any atom is 0.263 e. The molecule has 3 heterocycles. The molecule has 3 aromatic rings. The number of aromatic amines is 1. The Morgan fingerprint density at radius 1 is 1.25 bits per heavy atom. The van der Waals surface area contributed by atoms with Gasteiger partial charge >= 0.3 is 0 Å². The van der Waals surface area contributed by atoms with E-state index >= 15 is 0 Å². The summed E-state index contributed by atoms with van der Waals surface area (Å²) in [5, 5.41) is 2.67. The second-order valence-electron chi connectivity index (χ2n) is 9.40. The van der Waals surface area contributed by atoms with Gasteiger partial charge in [-0.15, -0.1) is 0 Å². The van der Waals surface area contributed by atoms with Gasteiger partial charge < -0.3 is 19.9 Å². The molecule has 5 rings (SSSR count). The molecule has 2 amide bonds. The Labute approximate surface area is 205 Å². The maximum atomic E-state index is 14.5. The third kappa shape index (κ3) is 4.61. The summed E-state index contributed by atoms with van der Waals surface area (Å²) in [6, 6.07) is 3.33. The SMILES string of the molecule is CC(=O)N1C[C@H](NC(=O)c2c(C)[nH]c3c(-c4cc(C(F)F)ccc4OCC4CC4)ncnc23)[C@@H](F)C1. The summed E-state index contributed by atoms with van der Waals surface area (Å²) in [7, 11) is 0. The van der Waals surface area contributed by atoms with Gasteiger partial charge in [-0.3, -0.25) is 9.59 Å². The van der Waals surface area contributed by atoms with Crippen molar-refractivity contribution >= 4 is 22.8 Å². The lowest BCUT2D eigenvalue weighted by atomic mass is 10.0. The number of carbonyl (C=O) groups excluding carboxylic acids is 2. The summed E-state index contributed by atoms with van der Waals surface area (Å²) in [5.41, 5.74) is 1.84. The zero-order valence-electron chi connectivity index (χ0n) is 19.9. The number of carbonyl (C=O) groups is 2. The van der Waals surface area contributed by atoms with Gasteiger partial charge in [-0.25, -0.2) is 23.1 Å². The molecule has 1 aromatic carbocycles. The van der Waals surface area contributed by atoms with E-state index in [1.807, 2.05) is 0 Å². The number of benzene rings is 1. The van der Waals surface area contributed by atoms with Crippen molar-refractivity contribution in [1.29, 1.82) is 0 Å². The number of amides is 2. The number of aromatic nitrogens is 3. The quantitative estimate of drug-likeness (QED) is 0.511. The number of nitrogens with zero attached hydrogens (tertiary/aromatic N) is 3. The first-order chi connectivity index (χ1) is 17.2. The summed E-state index contributed by atoms with van der Waals surface area (Å²) >= 11 is 0. The summed E-state index contributed by atoms with van der Waals surface area (Å²) < 4.78 is 47.4. The summed E-state index contributed by atoms with van der Waals surface area (Å²) in [6.45, 7) is 3.50. The average molecular weight is 502 g/mol. The number of hydrogen-bond acceptors (Lipinski definition) is 5. The molecule has 8 nitrogen and oxygen atoms in total. The van der Waals surface area contributed by atoms with Crippen molar-refractivity contribution in [3.05, 3.63) is 41.3 Å². The number of ether oxygens (including phenoxy) is 1. The fourth-order valence-electron chi connectivity index (χ4n) is 4.49. The van der Waals surface area contributed by atoms with Crippen LogP contribution in [0.25, 0.3) is 22.3 Å². The number of aryl methyl sites for hydroxylation is 1. The molecule has 2 aliphatic rings. The summed E-state index contributed by atoms with van der Waals surface area (Å²) in [4.78, 5) is 37.8. The lowest BCUT2D eigenvalue weighted by Gasteiger charge is -2.15. The third-order valence-corrected chi connectivity index (χ3v) is 6.69. The van der Waals surface area contributed by atoms with E-state index in [1.54, 1.807) is 6.92 Å². The molecule has 11 heteroatoms. The van der Waals surface area contributed by atoms with Crippen molar-refractivity contribution < 1.29 is 27.5 Å². The molecule has 1 saturated carbocycles. The van der Waals surface area contributed by atoms with E-state index in [-0.39, 0.29) is 35.6 Å². The van der Waals surface area contributed by atoms with Crippen LogP contribution in [-0.2, 0) is 4.79 Å². The van der Waals surface area contributed by atoms with E-state index in [0.717, 1.165) is 12.8 Å². The monoisotopic (exact) mass is 501 g/mol. The van der Waals surface area contributed by atoms with Gasteiger partial charge in [0.15, 0.2) is 0 Å². The number of nitrogens with one attached hydrogen (secondary N) is 2. The number of likely N-dealkylation sites (tertiary alicyclic amines) is 1. The molecule has 0 spiro atoms. The fourth-order valence-corrected chi connectivity index (χ4v) is 4.49. The number of halogens is 3. The van der Waals surface area contributed by atoms with Crippen LogP contribution in [0.1, 0.15) is 47.8 Å². The van der Waals surface area contributed by atoms with Gasteiger partial charge in [-0.05, 0) is 43.9 Å². The van der Waals surface area contributed by atoms with E-state index in [9.17, 15) is 22.8 Å². The van der Waals surface area contributed by atoms with Gasteiger partial charge in [0.2, 0.25) is 5.91 Å². The van der Waals surface area contributed by atoms with Crippen LogP contribution in [0.3, 0.4) is 0 Å². The second-order valence-corrected chi connectivity index (χ2v) is 9.40. The highest BCUT2D eigenvalue weighted by molar-refractivity contribution is 6.09. The Morgan fingerprint density at radius 2 is 2.03 bits per heavy atom. The minimum atomic E-state index is -2.68. The molecule has 2 fully saturated rings. The molecule has 0 radical (unpaired) electrons. The van der Waals surface area contributed by atoms with E-state index in [4.69, 9.17) is 4.74 Å². The first-order valence-electron chi connectivity index (χ1n) is 11.8. The van der Waals surface area contributed by atoms with E-state index in [0.29, 0.717) is 40.7 Å². The first kappa shape index (κ1) is 24.1. The van der Waals surface area contributed by atoms with E-state index in [1.165, 1.54) is 36.4 Å². The van der Waals surface area contributed by atoms with Crippen LogP contribution in [0.4, 0.5) is 13.2 Å².